The van der Waals surface area contributed by atoms with Gasteiger partial charge in [0.1, 0.15) is 23.8 Å². The molecule has 29 heavy (non-hydrogen) atoms. The van der Waals surface area contributed by atoms with Crippen molar-refractivity contribution in [2.45, 2.75) is 38.6 Å². The SMILES string of the molecule is O=C(NCc1ccc(F)cc1)C1CCN(c2cc(N3CCCCC3)ncn2)CC1. The summed E-state index contributed by atoms with van der Waals surface area (Å²) in [6.07, 6.45) is 7.00. The van der Waals surface area contributed by atoms with Crippen molar-refractivity contribution >= 4 is 17.5 Å². The van der Waals surface area contributed by atoms with Gasteiger partial charge in [0.15, 0.2) is 0 Å². The Labute approximate surface area is 171 Å². The van der Waals surface area contributed by atoms with E-state index in [0.29, 0.717) is 6.54 Å². The van der Waals surface area contributed by atoms with Crippen LogP contribution in [0, 0.1) is 11.7 Å². The number of anilines is 2. The van der Waals surface area contributed by atoms with E-state index in [-0.39, 0.29) is 17.6 Å². The van der Waals surface area contributed by atoms with Gasteiger partial charge in [-0.15, -0.1) is 0 Å². The zero-order chi connectivity index (χ0) is 20.1. The van der Waals surface area contributed by atoms with Crippen molar-refractivity contribution in [2.24, 2.45) is 5.92 Å². The Morgan fingerprint density at radius 2 is 1.59 bits per heavy atom. The summed E-state index contributed by atoms with van der Waals surface area (Å²) >= 11 is 0. The van der Waals surface area contributed by atoms with Crippen LogP contribution in [0.5, 0.6) is 0 Å². The van der Waals surface area contributed by atoms with Gasteiger partial charge < -0.3 is 15.1 Å². The molecule has 2 saturated heterocycles. The molecule has 7 heteroatoms. The number of hydrogen-bond donors (Lipinski definition) is 1. The number of hydrogen-bond acceptors (Lipinski definition) is 5. The van der Waals surface area contributed by atoms with E-state index in [4.69, 9.17) is 0 Å². The van der Waals surface area contributed by atoms with Crippen LogP contribution in [0.3, 0.4) is 0 Å². The van der Waals surface area contributed by atoms with E-state index in [9.17, 15) is 9.18 Å². The summed E-state index contributed by atoms with van der Waals surface area (Å²) in [4.78, 5) is 26.0. The predicted molar refractivity (Wildman–Crippen MR) is 111 cm³/mol. The molecular weight excluding hydrogens is 369 g/mol. The highest BCUT2D eigenvalue weighted by molar-refractivity contribution is 5.79. The van der Waals surface area contributed by atoms with Gasteiger partial charge in [-0.05, 0) is 49.8 Å². The van der Waals surface area contributed by atoms with E-state index in [2.05, 4.69) is 31.2 Å². The first kappa shape index (κ1) is 19.6. The zero-order valence-electron chi connectivity index (χ0n) is 16.7. The average molecular weight is 397 g/mol. The van der Waals surface area contributed by atoms with E-state index < -0.39 is 0 Å². The molecule has 3 heterocycles. The van der Waals surface area contributed by atoms with Gasteiger partial charge in [0.2, 0.25) is 5.91 Å². The highest BCUT2D eigenvalue weighted by Gasteiger charge is 2.26. The van der Waals surface area contributed by atoms with Gasteiger partial charge in [-0.25, -0.2) is 14.4 Å². The molecule has 0 atom stereocenters. The molecule has 0 unspecified atom stereocenters. The molecule has 1 N–H and O–H groups in total. The minimum absolute atomic E-state index is 0.00935. The molecule has 0 saturated carbocycles. The third kappa shape index (κ3) is 5.02. The Hall–Kier alpha value is -2.70. The summed E-state index contributed by atoms with van der Waals surface area (Å²) in [5, 5.41) is 2.98. The molecule has 2 aliphatic heterocycles. The second kappa shape index (κ2) is 9.20. The Morgan fingerprint density at radius 3 is 2.24 bits per heavy atom. The standard InChI is InChI=1S/C22H28FN5O/c23-19-6-4-17(5-7-19)15-24-22(29)18-8-12-28(13-9-18)21-14-20(25-16-26-21)27-10-2-1-3-11-27/h4-7,14,16,18H,1-3,8-13,15H2,(H,24,29). The van der Waals surface area contributed by atoms with E-state index >= 15 is 0 Å². The molecule has 1 amide bonds. The smallest absolute Gasteiger partial charge is 0.223 e. The Kier molecular flexibility index (Phi) is 6.22. The monoisotopic (exact) mass is 397 g/mol. The van der Waals surface area contributed by atoms with Crippen LogP contribution in [0.15, 0.2) is 36.7 Å². The van der Waals surface area contributed by atoms with Crippen LogP contribution in [-0.4, -0.2) is 42.1 Å². The van der Waals surface area contributed by atoms with Crippen LogP contribution >= 0.6 is 0 Å². The van der Waals surface area contributed by atoms with Crippen molar-refractivity contribution in [2.75, 3.05) is 36.0 Å². The van der Waals surface area contributed by atoms with E-state index in [0.717, 1.165) is 56.2 Å². The minimum atomic E-state index is -0.263. The largest absolute Gasteiger partial charge is 0.356 e. The first-order valence-electron chi connectivity index (χ1n) is 10.5. The summed E-state index contributed by atoms with van der Waals surface area (Å²) in [5.74, 6) is 1.78. The first-order chi connectivity index (χ1) is 14.2. The first-order valence-corrected chi connectivity index (χ1v) is 10.5. The topological polar surface area (TPSA) is 61.4 Å². The second-order valence-electron chi connectivity index (χ2n) is 7.89. The number of carbonyl (C=O) groups is 1. The van der Waals surface area contributed by atoms with Gasteiger partial charge in [-0.2, -0.15) is 0 Å². The van der Waals surface area contributed by atoms with Gasteiger partial charge in [0, 0.05) is 44.7 Å². The molecule has 2 aromatic rings. The van der Waals surface area contributed by atoms with Gasteiger partial charge in [0.25, 0.3) is 0 Å². The molecule has 1 aromatic heterocycles. The second-order valence-corrected chi connectivity index (χ2v) is 7.89. The van der Waals surface area contributed by atoms with Crippen molar-refractivity contribution in [3.05, 3.63) is 48.0 Å². The van der Waals surface area contributed by atoms with Crippen LogP contribution < -0.4 is 15.1 Å². The lowest BCUT2D eigenvalue weighted by Gasteiger charge is -2.33. The normalized spacial score (nSPS) is 18.0. The summed E-state index contributed by atoms with van der Waals surface area (Å²) in [7, 11) is 0. The number of benzene rings is 1. The van der Waals surface area contributed by atoms with Crippen LogP contribution in [0.1, 0.15) is 37.7 Å². The summed E-state index contributed by atoms with van der Waals surface area (Å²) in [6.45, 7) is 4.18. The maximum Gasteiger partial charge on any atom is 0.223 e. The fourth-order valence-corrected chi connectivity index (χ4v) is 4.11. The molecule has 154 valence electrons. The number of nitrogens with zero attached hydrogens (tertiary/aromatic N) is 4. The van der Waals surface area contributed by atoms with Crippen molar-refractivity contribution < 1.29 is 9.18 Å². The Bertz CT molecular complexity index is 814. The number of amides is 1. The average Bonchev–Trinajstić information content (AvgIpc) is 2.79. The van der Waals surface area contributed by atoms with Crippen LogP contribution in [0.4, 0.5) is 16.0 Å². The van der Waals surface area contributed by atoms with Crippen LogP contribution in [-0.2, 0) is 11.3 Å². The summed E-state index contributed by atoms with van der Waals surface area (Å²) in [6, 6.07) is 8.32. The molecular formula is C22H28FN5O. The molecule has 2 fully saturated rings. The van der Waals surface area contributed by atoms with E-state index in [1.807, 2.05) is 0 Å². The van der Waals surface area contributed by atoms with Crippen molar-refractivity contribution in [3.8, 4) is 0 Å². The molecule has 0 spiro atoms. The molecule has 0 bridgehead atoms. The van der Waals surface area contributed by atoms with E-state index in [1.165, 1.54) is 31.4 Å². The number of rotatable bonds is 5. The summed E-state index contributed by atoms with van der Waals surface area (Å²) < 4.78 is 13.0. The summed E-state index contributed by atoms with van der Waals surface area (Å²) in [5.41, 5.74) is 0.906. The van der Waals surface area contributed by atoms with Crippen molar-refractivity contribution in [1.29, 1.82) is 0 Å². The van der Waals surface area contributed by atoms with Crippen LogP contribution in [0.25, 0.3) is 0 Å². The maximum absolute atomic E-state index is 13.0. The lowest BCUT2D eigenvalue weighted by molar-refractivity contribution is -0.125. The number of carbonyl (C=O) groups excluding carboxylic acids is 1. The third-order valence-corrected chi connectivity index (χ3v) is 5.89. The highest BCUT2D eigenvalue weighted by Crippen LogP contribution is 2.25. The lowest BCUT2D eigenvalue weighted by Crippen LogP contribution is -2.40. The molecule has 4 rings (SSSR count). The van der Waals surface area contributed by atoms with Gasteiger partial charge in [-0.1, -0.05) is 12.1 Å². The van der Waals surface area contributed by atoms with Crippen molar-refractivity contribution in [3.63, 3.8) is 0 Å². The van der Waals surface area contributed by atoms with Crippen molar-refractivity contribution in [1.82, 2.24) is 15.3 Å². The molecule has 2 aliphatic rings. The fraction of sp³-hybridized carbons (Fsp3) is 0.500. The Morgan fingerprint density at radius 1 is 0.966 bits per heavy atom. The number of piperidine rings is 2. The number of nitrogens with one attached hydrogen (secondary N) is 1. The molecule has 6 nitrogen and oxygen atoms in total. The number of aromatic nitrogens is 2. The Balaban J connectivity index is 1.28. The quantitative estimate of drug-likeness (QED) is 0.840. The molecule has 0 radical (unpaired) electrons. The number of halogens is 1. The van der Waals surface area contributed by atoms with E-state index in [1.54, 1.807) is 18.5 Å². The zero-order valence-corrected chi connectivity index (χ0v) is 16.7. The predicted octanol–water partition coefficient (Wildman–Crippen LogP) is 3.14. The third-order valence-electron chi connectivity index (χ3n) is 5.89. The fourth-order valence-electron chi connectivity index (χ4n) is 4.11. The highest BCUT2D eigenvalue weighted by atomic mass is 19.1. The van der Waals surface area contributed by atoms with Gasteiger partial charge >= 0.3 is 0 Å². The van der Waals surface area contributed by atoms with Gasteiger partial charge in [-0.3, -0.25) is 4.79 Å². The minimum Gasteiger partial charge on any atom is -0.356 e. The molecule has 1 aromatic carbocycles. The van der Waals surface area contributed by atoms with Gasteiger partial charge in [0.05, 0.1) is 0 Å². The van der Waals surface area contributed by atoms with Crippen LogP contribution in [0.2, 0.25) is 0 Å². The lowest BCUT2D eigenvalue weighted by atomic mass is 9.96. The maximum atomic E-state index is 13.0. The molecule has 0 aliphatic carbocycles.